The first-order chi connectivity index (χ1) is 17.2. The molecule has 0 radical (unpaired) electrons. The minimum atomic E-state index is -0.805. The highest BCUT2D eigenvalue weighted by Crippen LogP contribution is 2.46. The molecule has 4 atom stereocenters. The maximum Gasteiger partial charge on any atom is 0.233 e. The van der Waals surface area contributed by atoms with E-state index in [1.807, 2.05) is 19.9 Å². The molecule has 0 unspecified atom stereocenters. The molecular weight excluding hydrogens is 573 g/mol. The molecular formula is C28H38INO6. The molecule has 1 aliphatic heterocycles. The molecule has 8 heteroatoms. The van der Waals surface area contributed by atoms with Gasteiger partial charge in [0.15, 0.2) is 11.5 Å². The largest absolute Gasteiger partial charge is 0.504 e. The third-order valence-electron chi connectivity index (χ3n) is 7.37. The van der Waals surface area contributed by atoms with E-state index >= 15 is 0 Å². The molecule has 0 aromatic heterocycles. The SMILES string of the molecule is CCC/C(=C\c1cc(I)c(O)c(OC)c1)CC[C@@H](O)C1=C(C)C[C@H]2C(=O)N(CCC)C(=O)[C@H]2[C@H]1CO. The van der Waals surface area contributed by atoms with Crippen LogP contribution in [0.4, 0.5) is 0 Å². The number of aromatic hydroxyl groups is 1. The number of allylic oxidation sites excluding steroid dienone is 2. The molecule has 0 bridgehead atoms. The number of carbonyl (C=O) groups is 2. The van der Waals surface area contributed by atoms with Crippen molar-refractivity contribution >= 4 is 40.5 Å². The molecule has 2 amide bonds. The van der Waals surface area contributed by atoms with Crippen LogP contribution in [0.5, 0.6) is 11.5 Å². The lowest BCUT2D eigenvalue weighted by Crippen LogP contribution is -2.38. The lowest BCUT2D eigenvalue weighted by Gasteiger charge is -2.35. The molecule has 3 N–H and O–H groups in total. The summed E-state index contributed by atoms with van der Waals surface area (Å²) in [4.78, 5) is 27.3. The van der Waals surface area contributed by atoms with E-state index in [9.17, 15) is 24.9 Å². The van der Waals surface area contributed by atoms with Crippen molar-refractivity contribution in [2.75, 3.05) is 20.3 Å². The van der Waals surface area contributed by atoms with Gasteiger partial charge < -0.3 is 20.1 Å². The van der Waals surface area contributed by atoms with Gasteiger partial charge in [0.25, 0.3) is 0 Å². The fourth-order valence-corrected chi connectivity index (χ4v) is 6.39. The Hall–Kier alpha value is -1.91. The number of ether oxygens (including phenoxy) is 1. The van der Waals surface area contributed by atoms with Gasteiger partial charge in [0.1, 0.15) is 0 Å². The van der Waals surface area contributed by atoms with Gasteiger partial charge in [-0.1, -0.05) is 37.5 Å². The van der Waals surface area contributed by atoms with Crippen molar-refractivity contribution < 1.29 is 29.6 Å². The van der Waals surface area contributed by atoms with E-state index in [0.29, 0.717) is 41.5 Å². The normalized spacial score (nSPS) is 23.4. The van der Waals surface area contributed by atoms with Gasteiger partial charge in [-0.05, 0) is 84.9 Å². The molecule has 0 spiro atoms. The summed E-state index contributed by atoms with van der Waals surface area (Å²) in [6.07, 6.45) is 5.32. The van der Waals surface area contributed by atoms with Crippen molar-refractivity contribution in [2.45, 2.75) is 65.4 Å². The molecule has 198 valence electrons. The van der Waals surface area contributed by atoms with E-state index in [0.717, 1.165) is 35.1 Å². The zero-order valence-electron chi connectivity index (χ0n) is 21.6. The standard InChI is InChI=1S/C28H38INO6/c1-5-7-17(12-18-13-21(29)26(33)23(14-18)36-4)8-9-22(32)24-16(3)11-19-25(20(24)15-31)28(35)30(10-6-2)27(19)34/h12-14,19-20,22,25,31-33H,5-11,15H2,1-4H3/b17-12+/t19-,20+,22-,25-/m1/s1. The summed E-state index contributed by atoms with van der Waals surface area (Å²) in [5.74, 6) is -1.41. The van der Waals surface area contributed by atoms with Crippen LogP contribution in [-0.2, 0) is 9.59 Å². The van der Waals surface area contributed by atoms with Crippen LogP contribution in [0, 0.1) is 21.3 Å². The zero-order chi connectivity index (χ0) is 26.6. The van der Waals surface area contributed by atoms with Gasteiger partial charge in [-0.3, -0.25) is 14.5 Å². The van der Waals surface area contributed by atoms with Crippen LogP contribution in [-0.4, -0.2) is 58.4 Å². The van der Waals surface area contributed by atoms with Crippen molar-refractivity contribution in [3.63, 3.8) is 0 Å². The second-order valence-corrected chi connectivity index (χ2v) is 11.0. The third kappa shape index (κ3) is 5.81. The number of imide groups is 1. The first-order valence-electron chi connectivity index (χ1n) is 12.8. The molecule has 1 fully saturated rings. The highest BCUT2D eigenvalue weighted by molar-refractivity contribution is 14.1. The van der Waals surface area contributed by atoms with E-state index in [1.54, 1.807) is 6.07 Å². The van der Waals surface area contributed by atoms with Crippen molar-refractivity contribution in [2.24, 2.45) is 17.8 Å². The van der Waals surface area contributed by atoms with Crippen LogP contribution >= 0.6 is 22.6 Å². The van der Waals surface area contributed by atoms with Crippen LogP contribution < -0.4 is 4.74 Å². The minimum Gasteiger partial charge on any atom is -0.504 e. The molecule has 0 saturated carbocycles. The lowest BCUT2D eigenvalue weighted by atomic mass is 9.68. The highest BCUT2D eigenvalue weighted by Gasteiger charge is 2.54. The van der Waals surface area contributed by atoms with E-state index in [4.69, 9.17) is 4.74 Å². The van der Waals surface area contributed by atoms with Gasteiger partial charge in [-0.2, -0.15) is 0 Å². The van der Waals surface area contributed by atoms with Gasteiger partial charge in [-0.15, -0.1) is 0 Å². The Morgan fingerprint density at radius 1 is 1.22 bits per heavy atom. The second kappa shape index (κ2) is 12.6. The van der Waals surface area contributed by atoms with E-state index < -0.39 is 23.9 Å². The number of benzene rings is 1. The van der Waals surface area contributed by atoms with Gasteiger partial charge >= 0.3 is 0 Å². The summed E-state index contributed by atoms with van der Waals surface area (Å²) in [6, 6.07) is 3.69. The Morgan fingerprint density at radius 2 is 1.94 bits per heavy atom. The quantitative estimate of drug-likeness (QED) is 0.191. The van der Waals surface area contributed by atoms with E-state index in [2.05, 4.69) is 35.6 Å². The van der Waals surface area contributed by atoms with Crippen molar-refractivity contribution in [1.29, 1.82) is 0 Å². The van der Waals surface area contributed by atoms with Crippen molar-refractivity contribution in [1.82, 2.24) is 4.90 Å². The molecule has 1 aromatic rings. The Labute approximate surface area is 227 Å². The number of carbonyl (C=O) groups excluding carboxylic acids is 2. The Balaban J connectivity index is 1.81. The molecule has 1 aliphatic carbocycles. The Bertz CT molecular complexity index is 1050. The van der Waals surface area contributed by atoms with Crippen molar-refractivity contribution in [3.8, 4) is 11.5 Å². The first kappa shape index (κ1) is 28.7. The minimum absolute atomic E-state index is 0.119. The van der Waals surface area contributed by atoms with Gasteiger partial charge in [0, 0.05) is 12.5 Å². The molecule has 1 heterocycles. The number of rotatable bonds is 11. The van der Waals surface area contributed by atoms with Crippen LogP contribution in [0.2, 0.25) is 0 Å². The number of aliphatic hydroxyl groups is 2. The number of aliphatic hydroxyl groups excluding tert-OH is 2. The number of amides is 2. The summed E-state index contributed by atoms with van der Waals surface area (Å²) >= 11 is 2.07. The van der Waals surface area contributed by atoms with Gasteiger partial charge in [0.05, 0.1) is 35.2 Å². The predicted octanol–water partition coefficient (Wildman–Crippen LogP) is 4.67. The third-order valence-corrected chi connectivity index (χ3v) is 8.20. The average molecular weight is 612 g/mol. The number of hydrogen-bond acceptors (Lipinski definition) is 6. The number of nitrogens with zero attached hydrogens (tertiary/aromatic N) is 1. The van der Waals surface area contributed by atoms with Crippen LogP contribution in [0.1, 0.15) is 64.9 Å². The smallest absolute Gasteiger partial charge is 0.233 e. The molecule has 36 heavy (non-hydrogen) atoms. The molecule has 1 aromatic carbocycles. The lowest BCUT2D eigenvalue weighted by molar-refractivity contribution is -0.140. The predicted molar refractivity (Wildman–Crippen MR) is 147 cm³/mol. The first-order valence-corrected chi connectivity index (χ1v) is 13.9. The Morgan fingerprint density at radius 3 is 2.56 bits per heavy atom. The maximum atomic E-state index is 13.1. The summed E-state index contributed by atoms with van der Waals surface area (Å²) < 4.78 is 5.99. The molecule has 3 rings (SSSR count). The monoisotopic (exact) mass is 611 g/mol. The zero-order valence-corrected chi connectivity index (χ0v) is 23.7. The number of phenols is 1. The fraction of sp³-hybridized carbons (Fsp3) is 0.571. The fourth-order valence-electron chi connectivity index (χ4n) is 5.76. The summed E-state index contributed by atoms with van der Waals surface area (Å²) in [6.45, 7) is 6.07. The van der Waals surface area contributed by atoms with Crippen LogP contribution in [0.25, 0.3) is 6.08 Å². The summed E-state index contributed by atoms with van der Waals surface area (Å²) in [5.41, 5.74) is 3.70. The number of phenolic OH excluding ortho intramolecular Hbond substituents is 1. The van der Waals surface area contributed by atoms with Crippen LogP contribution in [0.3, 0.4) is 0 Å². The molecule has 7 nitrogen and oxygen atoms in total. The highest BCUT2D eigenvalue weighted by atomic mass is 127. The van der Waals surface area contributed by atoms with Crippen molar-refractivity contribution in [3.05, 3.63) is 38.0 Å². The molecule has 1 saturated heterocycles. The second-order valence-electron chi connectivity index (χ2n) is 9.85. The Kier molecular flexibility index (Phi) is 10.00. The molecule has 2 aliphatic rings. The summed E-state index contributed by atoms with van der Waals surface area (Å²) in [5, 5.41) is 31.7. The number of likely N-dealkylation sites (tertiary alicyclic amines) is 1. The van der Waals surface area contributed by atoms with Gasteiger partial charge in [0.2, 0.25) is 11.8 Å². The number of methoxy groups -OCH3 is 1. The van der Waals surface area contributed by atoms with Crippen LogP contribution in [0.15, 0.2) is 28.9 Å². The number of halogens is 1. The average Bonchev–Trinajstić information content (AvgIpc) is 3.08. The van der Waals surface area contributed by atoms with E-state index in [-0.39, 0.29) is 24.2 Å². The number of hydrogen-bond donors (Lipinski definition) is 3. The topological polar surface area (TPSA) is 107 Å². The summed E-state index contributed by atoms with van der Waals surface area (Å²) in [7, 11) is 1.52. The maximum absolute atomic E-state index is 13.1. The van der Waals surface area contributed by atoms with E-state index in [1.165, 1.54) is 12.0 Å². The van der Waals surface area contributed by atoms with Gasteiger partial charge in [-0.25, -0.2) is 0 Å². The number of fused-ring (bicyclic) bond motifs is 1.